The van der Waals surface area contributed by atoms with Gasteiger partial charge in [0.2, 0.25) is 0 Å². The van der Waals surface area contributed by atoms with E-state index in [4.69, 9.17) is 0 Å². The summed E-state index contributed by atoms with van der Waals surface area (Å²) in [4.78, 5) is 0. The lowest BCUT2D eigenvalue weighted by Gasteiger charge is -1.86. The summed E-state index contributed by atoms with van der Waals surface area (Å²) < 4.78 is 3.87. The van der Waals surface area contributed by atoms with Crippen LogP contribution in [-0.4, -0.2) is 9.90 Å². The molecule has 0 aliphatic rings. The summed E-state index contributed by atoms with van der Waals surface area (Å²) in [6.07, 6.45) is 3.69. The maximum absolute atomic E-state index is 4.46. The minimum Gasteiger partial charge on any atom is -0.125 e. The van der Waals surface area contributed by atoms with Crippen molar-refractivity contribution in [3.05, 3.63) is 49.6 Å². The van der Waals surface area contributed by atoms with Crippen molar-refractivity contribution in [1.82, 2.24) is 9.90 Å². The third kappa shape index (κ3) is 1.68. The van der Waals surface area contributed by atoms with E-state index in [1.54, 1.807) is 0 Å². The zero-order valence-electron chi connectivity index (χ0n) is 8.63. The molecule has 76 valence electrons. The van der Waals surface area contributed by atoms with E-state index in [0.717, 1.165) is 24.1 Å². The first-order valence-electron chi connectivity index (χ1n) is 4.94. The average molecular weight is 200 g/mol. The Labute approximate surface area is 88.9 Å². The molecular weight excluding hydrogens is 186 g/mol. The molecule has 0 aliphatic carbocycles. The normalized spacial score (nSPS) is 10.4. The van der Waals surface area contributed by atoms with Gasteiger partial charge in [-0.3, -0.25) is 0 Å². The van der Waals surface area contributed by atoms with Crippen molar-refractivity contribution in [2.75, 3.05) is 0 Å². The van der Waals surface area contributed by atoms with Crippen molar-refractivity contribution in [1.29, 1.82) is 0 Å². The minimum atomic E-state index is 0.727. The molecule has 0 saturated heterocycles. The van der Waals surface area contributed by atoms with E-state index < -0.39 is 0 Å². The first kappa shape index (κ1) is 9.65. The number of allylic oxidation sites excluding steroid dienone is 2. The van der Waals surface area contributed by atoms with Crippen LogP contribution in [0.15, 0.2) is 49.6 Å². The number of nitrogens with zero attached hydrogens (tertiary/aromatic N) is 3. The van der Waals surface area contributed by atoms with Crippen LogP contribution in [0.4, 0.5) is 0 Å². The molecule has 1 aromatic heterocycles. The van der Waals surface area contributed by atoms with E-state index in [1.165, 1.54) is 0 Å². The number of para-hydroxylation sites is 2. The van der Waals surface area contributed by atoms with Gasteiger partial charge >= 0.3 is 0 Å². The largest absolute Gasteiger partial charge is 0.198 e. The molecule has 0 amide bonds. The molecule has 0 spiro atoms. The molecule has 3 heteroatoms. The summed E-state index contributed by atoms with van der Waals surface area (Å²) in [5.41, 5.74) is 2.25. The number of benzene rings is 1. The Kier molecular flexibility index (Phi) is 2.63. The molecule has 0 aliphatic heterocycles. The second kappa shape index (κ2) is 4.09. The second-order valence-corrected chi connectivity index (χ2v) is 3.32. The summed E-state index contributed by atoms with van der Waals surface area (Å²) in [6.45, 7) is 8.91. The van der Waals surface area contributed by atoms with E-state index in [0.29, 0.717) is 0 Å². The van der Waals surface area contributed by atoms with E-state index in [9.17, 15) is 0 Å². The van der Waals surface area contributed by atoms with Gasteiger partial charge in [0.15, 0.2) is 11.0 Å². The van der Waals surface area contributed by atoms with E-state index >= 15 is 0 Å². The van der Waals surface area contributed by atoms with Gasteiger partial charge in [-0.2, -0.15) is 0 Å². The van der Waals surface area contributed by atoms with E-state index in [-0.39, 0.29) is 0 Å². The highest BCUT2D eigenvalue weighted by molar-refractivity contribution is 5.70. The van der Waals surface area contributed by atoms with Crippen molar-refractivity contribution in [3.8, 4) is 0 Å². The summed E-state index contributed by atoms with van der Waals surface area (Å²) >= 11 is 0. The van der Waals surface area contributed by atoms with Crippen molar-refractivity contribution in [2.45, 2.75) is 13.1 Å². The van der Waals surface area contributed by atoms with Gasteiger partial charge in [-0.1, -0.05) is 25.3 Å². The van der Waals surface area contributed by atoms with Gasteiger partial charge in [0.05, 0.1) is 5.21 Å². The fourth-order valence-electron chi connectivity index (χ4n) is 1.64. The van der Waals surface area contributed by atoms with Crippen LogP contribution >= 0.6 is 0 Å². The minimum absolute atomic E-state index is 0.727. The zero-order valence-corrected chi connectivity index (χ0v) is 8.63. The molecule has 2 aromatic rings. The average Bonchev–Trinajstić information content (AvgIpc) is 2.59. The third-order valence-electron chi connectivity index (χ3n) is 2.26. The quantitative estimate of drug-likeness (QED) is 0.543. The summed E-state index contributed by atoms with van der Waals surface area (Å²) in [6, 6.07) is 8.15. The fraction of sp³-hybridized carbons (Fsp3) is 0.167. The number of fused-ring (bicyclic) bond motifs is 1. The van der Waals surface area contributed by atoms with Gasteiger partial charge in [0, 0.05) is 0 Å². The number of hydrogen-bond acceptors (Lipinski definition) is 1. The van der Waals surface area contributed by atoms with Gasteiger partial charge in [-0.05, 0) is 24.3 Å². The molecule has 15 heavy (non-hydrogen) atoms. The van der Waals surface area contributed by atoms with Crippen molar-refractivity contribution in [3.63, 3.8) is 0 Å². The molecule has 2 rings (SSSR count). The van der Waals surface area contributed by atoms with Gasteiger partial charge in [-0.25, -0.2) is 0 Å². The Hall–Kier alpha value is -1.90. The van der Waals surface area contributed by atoms with Crippen LogP contribution in [0, 0.1) is 0 Å². The van der Waals surface area contributed by atoms with E-state index in [1.807, 2.05) is 33.6 Å². The number of rotatable bonds is 4. The van der Waals surface area contributed by atoms with Crippen molar-refractivity contribution < 1.29 is 4.68 Å². The molecule has 0 radical (unpaired) electrons. The smallest absolute Gasteiger partial charge is 0.125 e. The lowest BCUT2D eigenvalue weighted by atomic mass is 10.3. The molecular formula is C12H14N3+. The van der Waals surface area contributed by atoms with Crippen molar-refractivity contribution in [2.24, 2.45) is 0 Å². The van der Waals surface area contributed by atoms with E-state index in [2.05, 4.69) is 30.5 Å². The van der Waals surface area contributed by atoms with Crippen LogP contribution in [0.2, 0.25) is 0 Å². The first-order chi connectivity index (χ1) is 7.36. The summed E-state index contributed by atoms with van der Waals surface area (Å²) in [7, 11) is 0. The molecule has 0 saturated carbocycles. The Morgan fingerprint density at radius 1 is 1.27 bits per heavy atom. The molecule has 0 N–H and O–H groups in total. The molecule has 3 nitrogen and oxygen atoms in total. The van der Waals surface area contributed by atoms with Crippen LogP contribution in [0.5, 0.6) is 0 Å². The SMILES string of the molecule is C=CCn1n[n+](CC=C)c2ccccc21. The maximum atomic E-state index is 4.46. The highest BCUT2D eigenvalue weighted by atomic mass is 15.5. The molecule has 0 bridgehead atoms. The molecule has 0 fully saturated rings. The van der Waals surface area contributed by atoms with Gasteiger partial charge in [0.1, 0.15) is 13.1 Å². The molecule has 0 unspecified atom stereocenters. The highest BCUT2D eigenvalue weighted by Crippen LogP contribution is 2.08. The second-order valence-electron chi connectivity index (χ2n) is 3.32. The van der Waals surface area contributed by atoms with Gasteiger partial charge in [0.25, 0.3) is 0 Å². The number of hydrogen-bond donors (Lipinski definition) is 0. The monoisotopic (exact) mass is 200 g/mol. The van der Waals surface area contributed by atoms with Crippen LogP contribution in [0.3, 0.4) is 0 Å². The standard InChI is InChI=1S/C12H14N3/c1-3-9-14-11-7-5-6-8-12(11)15(13-14)10-4-2/h3-8H,1-2,9-10H2/q+1. The Balaban J connectivity index is 2.61. The molecule has 1 aromatic carbocycles. The predicted molar refractivity (Wildman–Crippen MR) is 60.3 cm³/mol. The van der Waals surface area contributed by atoms with Crippen LogP contribution < -0.4 is 4.68 Å². The topological polar surface area (TPSA) is 21.7 Å². The third-order valence-corrected chi connectivity index (χ3v) is 2.26. The van der Waals surface area contributed by atoms with Gasteiger partial charge < -0.3 is 0 Å². The highest BCUT2D eigenvalue weighted by Gasteiger charge is 2.14. The van der Waals surface area contributed by atoms with Crippen LogP contribution in [0.1, 0.15) is 0 Å². The van der Waals surface area contributed by atoms with Crippen LogP contribution in [-0.2, 0) is 13.1 Å². The lowest BCUT2D eigenvalue weighted by molar-refractivity contribution is -0.723. The Morgan fingerprint density at radius 3 is 2.80 bits per heavy atom. The van der Waals surface area contributed by atoms with Gasteiger partial charge in [-0.15, -0.1) is 9.36 Å². The molecule has 1 heterocycles. The molecule has 0 atom stereocenters. The predicted octanol–water partition coefficient (Wildman–Crippen LogP) is 1.70. The first-order valence-corrected chi connectivity index (χ1v) is 4.94. The summed E-state index contributed by atoms with van der Waals surface area (Å²) in [5, 5.41) is 4.46. The number of aromatic nitrogens is 3. The van der Waals surface area contributed by atoms with Crippen LogP contribution in [0.25, 0.3) is 11.0 Å². The lowest BCUT2D eigenvalue weighted by Crippen LogP contribution is -2.36. The van der Waals surface area contributed by atoms with Crippen molar-refractivity contribution >= 4 is 11.0 Å². The Morgan fingerprint density at radius 2 is 2.07 bits per heavy atom. The summed E-state index contributed by atoms with van der Waals surface area (Å²) in [5.74, 6) is 0. The Bertz CT molecular complexity index is 453. The maximum Gasteiger partial charge on any atom is 0.198 e. The zero-order chi connectivity index (χ0) is 10.7. The fourth-order valence-corrected chi connectivity index (χ4v) is 1.64.